The van der Waals surface area contributed by atoms with Crippen molar-refractivity contribution in [1.82, 2.24) is 0 Å². The van der Waals surface area contributed by atoms with Crippen LogP contribution in [0.2, 0.25) is 0 Å². The number of carbonyl (C=O) groups is 2. The van der Waals surface area contributed by atoms with Gasteiger partial charge in [-0.15, -0.1) is 0 Å². The fourth-order valence-electron chi connectivity index (χ4n) is 2.19. The number of para-hydroxylation sites is 1. The van der Waals surface area contributed by atoms with Gasteiger partial charge in [0.15, 0.2) is 22.5 Å². The third-order valence-electron chi connectivity index (χ3n) is 3.55. The molecule has 8 heteroatoms. The molecule has 0 fully saturated rings. The Morgan fingerprint density at radius 2 is 1.78 bits per heavy atom. The number of esters is 1. The number of sulfone groups is 1. The van der Waals surface area contributed by atoms with Gasteiger partial charge in [-0.25, -0.2) is 13.2 Å². The third kappa shape index (κ3) is 6.41. The minimum Gasteiger partial charge on any atom is -0.479 e. The molecule has 0 unspecified atom stereocenters. The lowest BCUT2D eigenvalue weighted by molar-refractivity contribution is -0.154. The number of hydrogen-bond donors (Lipinski definition) is 1. The minimum atomic E-state index is -3.38. The largest absolute Gasteiger partial charge is 0.479 e. The Hall–Kier alpha value is -2.87. The first-order chi connectivity index (χ1) is 12.8. The Bertz CT molecular complexity index is 895. The topological polar surface area (TPSA) is 98.8 Å². The Kier molecular flexibility index (Phi) is 6.95. The normalized spacial score (nSPS) is 12.1. The lowest BCUT2D eigenvalue weighted by Crippen LogP contribution is -2.31. The fourth-order valence-corrected chi connectivity index (χ4v) is 2.86. The first kappa shape index (κ1) is 20.4. The monoisotopic (exact) mass is 391 g/mol. The molecule has 0 saturated heterocycles. The SMILES string of the molecule is CC[C@H](Oc1ccccc1)C(=O)OCC(=O)Nc1cccc(S(C)(=O)=O)c1. The molecule has 1 N–H and O–H groups in total. The predicted octanol–water partition coefficient (Wildman–Crippen LogP) is 2.43. The molecule has 144 valence electrons. The van der Waals surface area contributed by atoms with Crippen molar-refractivity contribution in [3.8, 4) is 5.75 Å². The molecule has 0 aliphatic carbocycles. The zero-order valence-corrected chi connectivity index (χ0v) is 15.9. The second-order valence-electron chi connectivity index (χ2n) is 5.78. The second-order valence-corrected chi connectivity index (χ2v) is 7.80. The van der Waals surface area contributed by atoms with E-state index in [0.717, 1.165) is 6.26 Å². The van der Waals surface area contributed by atoms with E-state index in [1.54, 1.807) is 37.3 Å². The minimum absolute atomic E-state index is 0.0830. The summed E-state index contributed by atoms with van der Waals surface area (Å²) in [4.78, 5) is 24.2. The molecule has 0 saturated carbocycles. The number of hydrogen-bond acceptors (Lipinski definition) is 6. The first-order valence-electron chi connectivity index (χ1n) is 8.28. The summed E-state index contributed by atoms with van der Waals surface area (Å²) in [5.41, 5.74) is 0.298. The molecule has 1 amide bonds. The van der Waals surface area contributed by atoms with Gasteiger partial charge in [0.1, 0.15) is 5.75 Å². The van der Waals surface area contributed by atoms with Crippen LogP contribution in [0.4, 0.5) is 5.69 Å². The maximum atomic E-state index is 12.1. The molecule has 0 aliphatic rings. The Labute approximate surface area is 158 Å². The van der Waals surface area contributed by atoms with Crippen molar-refractivity contribution >= 4 is 27.4 Å². The fraction of sp³-hybridized carbons (Fsp3) is 0.263. The zero-order valence-electron chi connectivity index (χ0n) is 15.0. The van der Waals surface area contributed by atoms with Crippen LogP contribution in [-0.4, -0.2) is 39.3 Å². The summed E-state index contributed by atoms with van der Waals surface area (Å²) in [6.07, 6.45) is 0.632. The molecule has 0 radical (unpaired) electrons. The summed E-state index contributed by atoms with van der Waals surface area (Å²) >= 11 is 0. The van der Waals surface area contributed by atoms with Crippen LogP contribution in [0.15, 0.2) is 59.5 Å². The summed E-state index contributed by atoms with van der Waals surface area (Å²) in [5.74, 6) is -0.701. The maximum absolute atomic E-state index is 12.1. The molecule has 1 atom stereocenters. The van der Waals surface area contributed by atoms with E-state index in [0.29, 0.717) is 17.9 Å². The van der Waals surface area contributed by atoms with E-state index < -0.39 is 34.4 Å². The Morgan fingerprint density at radius 1 is 1.07 bits per heavy atom. The molecule has 0 heterocycles. The highest BCUT2D eigenvalue weighted by atomic mass is 32.2. The van der Waals surface area contributed by atoms with Crippen LogP contribution >= 0.6 is 0 Å². The number of nitrogens with one attached hydrogen (secondary N) is 1. The van der Waals surface area contributed by atoms with Crippen molar-refractivity contribution in [1.29, 1.82) is 0 Å². The molecular formula is C19H21NO6S. The van der Waals surface area contributed by atoms with Crippen molar-refractivity contribution in [3.05, 3.63) is 54.6 Å². The number of ether oxygens (including phenoxy) is 2. The molecule has 2 aromatic rings. The lowest BCUT2D eigenvalue weighted by Gasteiger charge is -2.16. The van der Waals surface area contributed by atoms with E-state index in [2.05, 4.69) is 5.32 Å². The van der Waals surface area contributed by atoms with E-state index >= 15 is 0 Å². The van der Waals surface area contributed by atoms with Gasteiger partial charge in [0.2, 0.25) is 0 Å². The highest BCUT2D eigenvalue weighted by Gasteiger charge is 2.21. The van der Waals surface area contributed by atoms with Crippen LogP contribution in [0.25, 0.3) is 0 Å². The van der Waals surface area contributed by atoms with Crippen LogP contribution < -0.4 is 10.1 Å². The molecule has 0 spiro atoms. The molecule has 0 aromatic heterocycles. The molecule has 27 heavy (non-hydrogen) atoms. The quantitative estimate of drug-likeness (QED) is 0.694. The van der Waals surface area contributed by atoms with Crippen molar-refractivity contribution in [2.24, 2.45) is 0 Å². The number of amides is 1. The number of carbonyl (C=O) groups excluding carboxylic acids is 2. The standard InChI is InChI=1S/C19H21NO6S/c1-3-17(26-15-9-5-4-6-10-15)19(22)25-13-18(21)20-14-8-7-11-16(12-14)27(2,23)24/h4-12,17H,3,13H2,1-2H3,(H,20,21)/t17-/m0/s1. The Morgan fingerprint density at radius 3 is 2.41 bits per heavy atom. The van der Waals surface area contributed by atoms with Gasteiger partial charge in [-0.3, -0.25) is 4.79 Å². The summed E-state index contributed by atoms with van der Waals surface area (Å²) in [6, 6.07) is 14.7. The second kappa shape index (κ2) is 9.18. The highest BCUT2D eigenvalue weighted by molar-refractivity contribution is 7.90. The molecule has 2 rings (SSSR count). The van der Waals surface area contributed by atoms with E-state index in [1.807, 2.05) is 6.07 Å². The van der Waals surface area contributed by atoms with E-state index in [1.165, 1.54) is 18.2 Å². The summed E-state index contributed by atoms with van der Waals surface area (Å²) in [5, 5.41) is 2.49. The van der Waals surface area contributed by atoms with Gasteiger partial charge < -0.3 is 14.8 Å². The van der Waals surface area contributed by atoms with Crippen LogP contribution in [0.3, 0.4) is 0 Å². The van der Waals surface area contributed by atoms with Crippen LogP contribution in [0, 0.1) is 0 Å². The number of anilines is 1. The van der Waals surface area contributed by atoms with E-state index in [4.69, 9.17) is 9.47 Å². The van der Waals surface area contributed by atoms with Gasteiger partial charge in [0, 0.05) is 11.9 Å². The van der Waals surface area contributed by atoms with Crippen LogP contribution in [-0.2, 0) is 24.2 Å². The Balaban J connectivity index is 1.89. The van der Waals surface area contributed by atoms with Crippen molar-refractivity contribution < 1.29 is 27.5 Å². The lowest BCUT2D eigenvalue weighted by atomic mass is 10.2. The van der Waals surface area contributed by atoms with Gasteiger partial charge >= 0.3 is 5.97 Å². The van der Waals surface area contributed by atoms with E-state index in [-0.39, 0.29) is 4.90 Å². The molecule has 2 aromatic carbocycles. The highest BCUT2D eigenvalue weighted by Crippen LogP contribution is 2.16. The smallest absolute Gasteiger partial charge is 0.347 e. The van der Waals surface area contributed by atoms with Crippen molar-refractivity contribution in [3.63, 3.8) is 0 Å². The first-order valence-corrected chi connectivity index (χ1v) is 10.2. The molecule has 0 aliphatic heterocycles. The van der Waals surface area contributed by atoms with Gasteiger partial charge in [-0.05, 0) is 36.8 Å². The maximum Gasteiger partial charge on any atom is 0.347 e. The van der Waals surface area contributed by atoms with Crippen LogP contribution in [0.5, 0.6) is 5.75 Å². The summed E-state index contributed by atoms with van der Waals surface area (Å²) in [7, 11) is -3.38. The summed E-state index contributed by atoms with van der Waals surface area (Å²) in [6.45, 7) is 1.27. The third-order valence-corrected chi connectivity index (χ3v) is 4.66. The average Bonchev–Trinajstić information content (AvgIpc) is 2.64. The van der Waals surface area contributed by atoms with Gasteiger partial charge in [-0.1, -0.05) is 31.2 Å². The average molecular weight is 391 g/mol. The summed E-state index contributed by atoms with van der Waals surface area (Å²) < 4.78 is 33.7. The van der Waals surface area contributed by atoms with Gasteiger partial charge in [0.25, 0.3) is 5.91 Å². The number of benzene rings is 2. The van der Waals surface area contributed by atoms with Gasteiger partial charge in [0.05, 0.1) is 4.90 Å². The van der Waals surface area contributed by atoms with Crippen molar-refractivity contribution in [2.45, 2.75) is 24.3 Å². The zero-order chi connectivity index (χ0) is 19.9. The molecular weight excluding hydrogens is 370 g/mol. The molecule has 7 nitrogen and oxygen atoms in total. The van der Waals surface area contributed by atoms with Crippen molar-refractivity contribution in [2.75, 3.05) is 18.2 Å². The number of rotatable bonds is 8. The van der Waals surface area contributed by atoms with E-state index in [9.17, 15) is 18.0 Å². The van der Waals surface area contributed by atoms with Crippen LogP contribution in [0.1, 0.15) is 13.3 Å². The van der Waals surface area contributed by atoms with Gasteiger partial charge in [-0.2, -0.15) is 0 Å². The molecule has 0 bridgehead atoms. The predicted molar refractivity (Wildman–Crippen MR) is 100 cm³/mol.